The number of rotatable bonds is 11. The fourth-order valence-electron chi connectivity index (χ4n) is 1.85. The van der Waals surface area contributed by atoms with Crippen molar-refractivity contribution in [1.82, 2.24) is 10.6 Å². The van der Waals surface area contributed by atoms with Crippen molar-refractivity contribution in [2.75, 3.05) is 5.75 Å². The molecule has 138 valence electrons. The number of carbonyl (C=O) groups excluding carboxylic acids is 3. The van der Waals surface area contributed by atoms with Gasteiger partial charge in [-0.2, -0.15) is 12.6 Å². The van der Waals surface area contributed by atoms with Gasteiger partial charge >= 0.3 is 5.97 Å². The standard InChI is InChI=1S/C14H26N4O5S/c1-3-7(2)11(14(22)23)18-13(21)9(4-5-10(16)19)17-12(20)8(15)6-24/h7-9,11,24H,3-6,15H2,1-2H3,(H2,16,19)(H,17,20)(H,18,21)(H,22,23)/t7-,8-,9-,11-/m0/s1. The summed E-state index contributed by atoms with van der Waals surface area (Å²) in [7, 11) is 0. The second kappa shape index (κ2) is 10.9. The first-order valence-electron chi connectivity index (χ1n) is 7.62. The predicted molar refractivity (Wildman–Crippen MR) is 91.2 cm³/mol. The van der Waals surface area contributed by atoms with Gasteiger partial charge in [-0.15, -0.1) is 0 Å². The highest BCUT2D eigenvalue weighted by atomic mass is 32.1. The van der Waals surface area contributed by atoms with Crippen molar-refractivity contribution in [1.29, 1.82) is 0 Å². The van der Waals surface area contributed by atoms with Crippen LogP contribution in [-0.4, -0.2) is 52.7 Å². The van der Waals surface area contributed by atoms with Gasteiger partial charge in [0.05, 0.1) is 6.04 Å². The van der Waals surface area contributed by atoms with Crippen LogP contribution < -0.4 is 22.1 Å². The summed E-state index contributed by atoms with van der Waals surface area (Å²) in [6, 6.07) is -3.14. The monoisotopic (exact) mass is 362 g/mol. The van der Waals surface area contributed by atoms with Crippen LogP contribution in [0.3, 0.4) is 0 Å². The molecular weight excluding hydrogens is 336 g/mol. The quantitative estimate of drug-likeness (QED) is 0.248. The average molecular weight is 362 g/mol. The minimum atomic E-state index is -1.18. The highest BCUT2D eigenvalue weighted by Gasteiger charge is 2.30. The minimum Gasteiger partial charge on any atom is -0.480 e. The lowest BCUT2D eigenvalue weighted by molar-refractivity contribution is -0.143. The van der Waals surface area contributed by atoms with Crippen LogP contribution in [0.25, 0.3) is 0 Å². The van der Waals surface area contributed by atoms with E-state index in [2.05, 4.69) is 23.3 Å². The van der Waals surface area contributed by atoms with Gasteiger partial charge in [0.15, 0.2) is 0 Å². The fraction of sp³-hybridized carbons (Fsp3) is 0.714. The number of carboxylic acid groups (broad SMARTS) is 1. The van der Waals surface area contributed by atoms with E-state index < -0.39 is 41.8 Å². The maximum Gasteiger partial charge on any atom is 0.326 e. The molecule has 10 heteroatoms. The second-order valence-electron chi connectivity index (χ2n) is 5.57. The lowest BCUT2D eigenvalue weighted by Crippen LogP contribution is -2.56. The van der Waals surface area contributed by atoms with E-state index in [1.807, 2.05) is 0 Å². The van der Waals surface area contributed by atoms with E-state index in [0.29, 0.717) is 6.42 Å². The molecule has 7 N–H and O–H groups in total. The van der Waals surface area contributed by atoms with Gasteiger partial charge in [0, 0.05) is 12.2 Å². The van der Waals surface area contributed by atoms with Crippen LogP contribution in [0.15, 0.2) is 0 Å². The average Bonchev–Trinajstić information content (AvgIpc) is 2.53. The molecule has 4 atom stereocenters. The number of thiol groups is 1. The van der Waals surface area contributed by atoms with Crippen LogP contribution in [0, 0.1) is 5.92 Å². The maximum absolute atomic E-state index is 12.3. The van der Waals surface area contributed by atoms with Crippen LogP contribution in [0.4, 0.5) is 0 Å². The Hall–Kier alpha value is -1.81. The number of carbonyl (C=O) groups is 4. The van der Waals surface area contributed by atoms with Gasteiger partial charge in [0.25, 0.3) is 0 Å². The molecule has 9 nitrogen and oxygen atoms in total. The summed E-state index contributed by atoms with van der Waals surface area (Å²) in [5, 5.41) is 14.0. The molecule has 0 unspecified atom stereocenters. The van der Waals surface area contributed by atoms with Crippen molar-refractivity contribution in [3.8, 4) is 0 Å². The summed E-state index contributed by atoms with van der Waals surface area (Å²) in [6.45, 7) is 3.48. The molecule has 0 aliphatic carbocycles. The predicted octanol–water partition coefficient (Wildman–Crippen LogP) is -1.39. The summed E-state index contributed by atoms with van der Waals surface area (Å²) < 4.78 is 0. The van der Waals surface area contributed by atoms with Crippen molar-refractivity contribution in [2.45, 2.75) is 51.2 Å². The fourth-order valence-corrected chi connectivity index (χ4v) is 2.02. The number of primary amides is 1. The zero-order valence-electron chi connectivity index (χ0n) is 13.8. The summed E-state index contributed by atoms with van der Waals surface area (Å²) in [5.74, 6) is -3.38. The van der Waals surface area contributed by atoms with Crippen molar-refractivity contribution in [3.63, 3.8) is 0 Å². The molecular formula is C14H26N4O5S. The van der Waals surface area contributed by atoms with Gasteiger partial charge in [-0.05, 0) is 12.3 Å². The number of nitrogens with one attached hydrogen (secondary N) is 2. The van der Waals surface area contributed by atoms with Crippen LogP contribution >= 0.6 is 12.6 Å². The molecule has 0 spiro atoms. The number of hydrogen-bond acceptors (Lipinski definition) is 6. The maximum atomic E-state index is 12.3. The lowest BCUT2D eigenvalue weighted by atomic mass is 9.98. The van der Waals surface area contributed by atoms with E-state index in [1.165, 1.54) is 0 Å². The Balaban J connectivity index is 5.09. The van der Waals surface area contributed by atoms with Crippen LogP contribution in [0.1, 0.15) is 33.1 Å². The molecule has 0 bridgehead atoms. The lowest BCUT2D eigenvalue weighted by Gasteiger charge is -2.24. The number of aliphatic carboxylic acids is 1. The molecule has 0 aliphatic rings. The Labute approximate surface area is 146 Å². The highest BCUT2D eigenvalue weighted by molar-refractivity contribution is 7.80. The highest BCUT2D eigenvalue weighted by Crippen LogP contribution is 2.09. The molecule has 0 heterocycles. The van der Waals surface area contributed by atoms with Gasteiger partial charge in [-0.3, -0.25) is 14.4 Å². The van der Waals surface area contributed by atoms with E-state index in [-0.39, 0.29) is 24.5 Å². The summed E-state index contributed by atoms with van der Waals surface area (Å²) >= 11 is 3.90. The zero-order chi connectivity index (χ0) is 18.9. The Morgan fingerprint density at radius 3 is 2.17 bits per heavy atom. The zero-order valence-corrected chi connectivity index (χ0v) is 14.7. The molecule has 3 amide bonds. The van der Waals surface area contributed by atoms with E-state index >= 15 is 0 Å². The smallest absolute Gasteiger partial charge is 0.326 e. The van der Waals surface area contributed by atoms with Crippen LogP contribution in [-0.2, 0) is 19.2 Å². The van der Waals surface area contributed by atoms with Crippen molar-refractivity contribution >= 4 is 36.3 Å². The molecule has 0 rings (SSSR count). The van der Waals surface area contributed by atoms with E-state index in [1.54, 1.807) is 13.8 Å². The van der Waals surface area contributed by atoms with Gasteiger partial charge in [-0.1, -0.05) is 20.3 Å². The van der Waals surface area contributed by atoms with Crippen molar-refractivity contribution in [3.05, 3.63) is 0 Å². The van der Waals surface area contributed by atoms with E-state index in [0.717, 1.165) is 0 Å². The summed E-state index contributed by atoms with van der Waals surface area (Å²) in [6.07, 6.45) is 0.342. The SMILES string of the molecule is CC[C@H](C)[C@H](NC(=O)[C@H](CCC(N)=O)NC(=O)[C@@H](N)CS)C(=O)O. The molecule has 24 heavy (non-hydrogen) atoms. The number of carboxylic acids is 1. The normalized spacial score (nSPS) is 15.7. The second-order valence-corrected chi connectivity index (χ2v) is 5.93. The Morgan fingerprint density at radius 1 is 1.17 bits per heavy atom. The van der Waals surface area contributed by atoms with Gasteiger partial charge in [-0.25, -0.2) is 4.79 Å². The molecule has 0 radical (unpaired) electrons. The molecule has 0 fully saturated rings. The number of amides is 3. The molecule has 0 aromatic carbocycles. The van der Waals surface area contributed by atoms with Crippen molar-refractivity contribution < 1.29 is 24.3 Å². The first-order valence-corrected chi connectivity index (χ1v) is 8.25. The Kier molecular flexibility index (Phi) is 10.0. The first-order chi connectivity index (χ1) is 11.1. The Bertz CT molecular complexity index is 474. The third-order valence-corrected chi connectivity index (χ3v) is 4.02. The molecule has 0 saturated heterocycles. The minimum absolute atomic E-state index is 0.0565. The summed E-state index contributed by atoms with van der Waals surface area (Å²) in [5.41, 5.74) is 10.6. The van der Waals surface area contributed by atoms with Gasteiger partial charge < -0.3 is 27.2 Å². The van der Waals surface area contributed by atoms with Crippen LogP contribution in [0.5, 0.6) is 0 Å². The Morgan fingerprint density at radius 2 is 1.75 bits per heavy atom. The molecule has 0 aliphatic heterocycles. The number of nitrogens with two attached hydrogens (primary N) is 2. The number of hydrogen-bond donors (Lipinski definition) is 6. The first kappa shape index (κ1) is 22.2. The van der Waals surface area contributed by atoms with E-state index in [9.17, 15) is 24.3 Å². The molecule has 0 saturated carbocycles. The third-order valence-electron chi connectivity index (χ3n) is 3.62. The van der Waals surface area contributed by atoms with Gasteiger partial charge in [0.2, 0.25) is 17.7 Å². The topological polar surface area (TPSA) is 165 Å². The van der Waals surface area contributed by atoms with Gasteiger partial charge in [0.1, 0.15) is 12.1 Å². The van der Waals surface area contributed by atoms with E-state index in [4.69, 9.17) is 11.5 Å². The molecule has 0 aromatic rings. The van der Waals surface area contributed by atoms with Crippen LogP contribution in [0.2, 0.25) is 0 Å². The summed E-state index contributed by atoms with van der Waals surface area (Å²) in [4.78, 5) is 46.4. The molecule has 0 aromatic heterocycles. The third kappa shape index (κ3) is 7.64. The largest absolute Gasteiger partial charge is 0.480 e. The van der Waals surface area contributed by atoms with Crippen molar-refractivity contribution in [2.24, 2.45) is 17.4 Å².